The van der Waals surface area contributed by atoms with Crippen molar-refractivity contribution in [3.8, 4) is 0 Å². The second-order valence-corrected chi connectivity index (χ2v) is 4.78. The molecule has 1 aromatic carbocycles. The minimum atomic E-state index is -0.866. The van der Waals surface area contributed by atoms with Gasteiger partial charge in [-0.05, 0) is 24.6 Å². The number of hydrogen-bond acceptors (Lipinski definition) is 3. The van der Waals surface area contributed by atoms with Gasteiger partial charge in [-0.3, -0.25) is 4.79 Å². The Kier molecular flexibility index (Phi) is 4.96. The highest BCUT2D eigenvalue weighted by atomic mass is 79.9. The smallest absolute Gasteiger partial charge is 0.245 e. The van der Waals surface area contributed by atoms with Crippen LogP contribution in [0.1, 0.15) is 13.3 Å². The highest BCUT2D eigenvalue weighted by Gasteiger charge is 2.34. The number of primary amides is 1. The van der Waals surface area contributed by atoms with Gasteiger partial charge >= 0.3 is 0 Å². The highest BCUT2D eigenvalue weighted by Crippen LogP contribution is 2.22. The average Bonchev–Trinajstić information content (AvgIpc) is 2.28. The topological polar surface area (TPSA) is 64.3 Å². The van der Waals surface area contributed by atoms with Crippen LogP contribution in [0.15, 0.2) is 28.7 Å². The Morgan fingerprint density at radius 2 is 2.29 bits per heavy atom. The molecule has 17 heavy (non-hydrogen) atoms. The number of methoxy groups -OCH3 is 1. The molecule has 0 fully saturated rings. The Hall–Kier alpha value is -1.07. The Morgan fingerprint density at radius 3 is 2.76 bits per heavy atom. The first-order valence-electron chi connectivity index (χ1n) is 5.36. The summed E-state index contributed by atoms with van der Waals surface area (Å²) in [5.41, 5.74) is 5.43. The van der Waals surface area contributed by atoms with Crippen molar-refractivity contribution in [1.82, 2.24) is 0 Å². The van der Waals surface area contributed by atoms with Crippen LogP contribution in [0.3, 0.4) is 0 Å². The molecule has 4 nitrogen and oxygen atoms in total. The van der Waals surface area contributed by atoms with Crippen molar-refractivity contribution in [2.24, 2.45) is 5.73 Å². The van der Waals surface area contributed by atoms with E-state index in [0.717, 1.165) is 10.2 Å². The first-order valence-corrected chi connectivity index (χ1v) is 6.16. The Bertz CT molecular complexity index is 398. The predicted molar refractivity (Wildman–Crippen MR) is 71.9 cm³/mol. The molecule has 1 amide bonds. The van der Waals surface area contributed by atoms with E-state index in [-0.39, 0.29) is 6.61 Å². The number of ether oxygens (including phenoxy) is 1. The van der Waals surface area contributed by atoms with Gasteiger partial charge in [-0.15, -0.1) is 0 Å². The van der Waals surface area contributed by atoms with E-state index in [0.29, 0.717) is 6.42 Å². The molecule has 0 spiro atoms. The lowest BCUT2D eigenvalue weighted by molar-refractivity contribution is -0.124. The molecule has 1 aromatic rings. The molecule has 1 rings (SSSR count). The third-order valence-corrected chi connectivity index (χ3v) is 3.17. The SMILES string of the molecule is CCC(COC)(Nc1cccc(Br)c1)C(N)=O. The lowest BCUT2D eigenvalue weighted by Crippen LogP contribution is -2.53. The second kappa shape index (κ2) is 6.02. The van der Waals surface area contributed by atoms with Crippen molar-refractivity contribution >= 4 is 27.5 Å². The van der Waals surface area contributed by atoms with Gasteiger partial charge in [0.1, 0.15) is 5.54 Å². The molecule has 0 bridgehead atoms. The zero-order valence-corrected chi connectivity index (χ0v) is 11.6. The molecule has 0 radical (unpaired) electrons. The number of nitrogens with one attached hydrogen (secondary N) is 1. The Morgan fingerprint density at radius 1 is 1.59 bits per heavy atom. The number of carbonyl (C=O) groups excluding carboxylic acids is 1. The summed E-state index contributed by atoms with van der Waals surface area (Å²) in [6.45, 7) is 2.14. The fraction of sp³-hybridized carbons (Fsp3) is 0.417. The summed E-state index contributed by atoms with van der Waals surface area (Å²) in [4.78, 5) is 11.6. The quantitative estimate of drug-likeness (QED) is 0.846. The van der Waals surface area contributed by atoms with Crippen LogP contribution in [0.4, 0.5) is 5.69 Å². The Balaban J connectivity index is 2.96. The molecule has 0 aliphatic rings. The van der Waals surface area contributed by atoms with Gasteiger partial charge in [0, 0.05) is 17.3 Å². The van der Waals surface area contributed by atoms with Crippen molar-refractivity contribution < 1.29 is 9.53 Å². The van der Waals surface area contributed by atoms with Crippen LogP contribution in [0.2, 0.25) is 0 Å². The highest BCUT2D eigenvalue weighted by molar-refractivity contribution is 9.10. The minimum absolute atomic E-state index is 0.241. The van der Waals surface area contributed by atoms with Crippen molar-refractivity contribution in [2.45, 2.75) is 18.9 Å². The van der Waals surface area contributed by atoms with E-state index in [1.807, 2.05) is 31.2 Å². The average molecular weight is 301 g/mol. The molecule has 3 N–H and O–H groups in total. The number of carbonyl (C=O) groups is 1. The predicted octanol–water partition coefficient (Wildman–Crippen LogP) is 2.14. The monoisotopic (exact) mass is 300 g/mol. The van der Waals surface area contributed by atoms with Crippen molar-refractivity contribution in [2.75, 3.05) is 19.0 Å². The first-order chi connectivity index (χ1) is 8.04. The Labute approximate surface area is 110 Å². The molecule has 0 aromatic heterocycles. The maximum Gasteiger partial charge on any atom is 0.245 e. The van der Waals surface area contributed by atoms with Crippen LogP contribution in [0.5, 0.6) is 0 Å². The maximum atomic E-state index is 11.6. The fourth-order valence-corrected chi connectivity index (χ4v) is 2.02. The normalized spacial score (nSPS) is 14.1. The molecule has 1 unspecified atom stereocenters. The number of anilines is 1. The largest absolute Gasteiger partial charge is 0.382 e. The van der Waals surface area contributed by atoms with E-state index in [9.17, 15) is 4.79 Å². The van der Waals surface area contributed by atoms with Crippen molar-refractivity contribution in [3.05, 3.63) is 28.7 Å². The van der Waals surface area contributed by atoms with Crippen LogP contribution in [0, 0.1) is 0 Å². The lowest BCUT2D eigenvalue weighted by Gasteiger charge is -2.30. The van der Waals surface area contributed by atoms with Gasteiger partial charge in [0.2, 0.25) is 5.91 Å². The second-order valence-electron chi connectivity index (χ2n) is 3.87. The van der Waals surface area contributed by atoms with E-state index < -0.39 is 11.4 Å². The summed E-state index contributed by atoms with van der Waals surface area (Å²) in [7, 11) is 1.55. The fourth-order valence-electron chi connectivity index (χ4n) is 1.62. The summed E-state index contributed by atoms with van der Waals surface area (Å²) in [5.74, 6) is -0.415. The molecule has 0 saturated heterocycles. The molecule has 0 saturated carbocycles. The van der Waals surface area contributed by atoms with Gasteiger partial charge in [0.15, 0.2) is 0 Å². The number of hydrogen-bond donors (Lipinski definition) is 2. The minimum Gasteiger partial charge on any atom is -0.382 e. The van der Waals surface area contributed by atoms with Gasteiger partial charge in [-0.25, -0.2) is 0 Å². The molecule has 0 aliphatic carbocycles. The molecule has 0 aliphatic heterocycles. The molecule has 94 valence electrons. The van der Waals surface area contributed by atoms with Crippen LogP contribution in [-0.4, -0.2) is 25.2 Å². The van der Waals surface area contributed by atoms with Crippen LogP contribution < -0.4 is 11.1 Å². The number of halogens is 1. The third-order valence-electron chi connectivity index (χ3n) is 2.67. The van der Waals surface area contributed by atoms with E-state index in [4.69, 9.17) is 10.5 Å². The van der Waals surface area contributed by atoms with Gasteiger partial charge < -0.3 is 15.8 Å². The van der Waals surface area contributed by atoms with Crippen molar-refractivity contribution in [1.29, 1.82) is 0 Å². The third kappa shape index (κ3) is 3.44. The number of amides is 1. The molecule has 0 heterocycles. The molecular formula is C12H17BrN2O2. The van der Waals surface area contributed by atoms with E-state index >= 15 is 0 Å². The first kappa shape index (κ1) is 14.0. The summed E-state index contributed by atoms with van der Waals surface area (Å²) >= 11 is 3.38. The number of rotatable bonds is 6. The summed E-state index contributed by atoms with van der Waals surface area (Å²) in [6.07, 6.45) is 0.558. The zero-order valence-electron chi connectivity index (χ0n) is 10.00. The van der Waals surface area contributed by atoms with Crippen LogP contribution in [0.25, 0.3) is 0 Å². The number of benzene rings is 1. The van der Waals surface area contributed by atoms with Gasteiger partial charge in [-0.1, -0.05) is 28.9 Å². The zero-order chi connectivity index (χ0) is 12.9. The van der Waals surface area contributed by atoms with Gasteiger partial charge in [-0.2, -0.15) is 0 Å². The summed E-state index contributed by atoms with van der Waals surface area (Å²) < 4.78 is 6.03. The summed E-state index contributed by atoms with van der Waals surface area (Å²) in [6, 6.07) is 7.58. The van der Waals surface area contributed by atoms with Crippen LogP contribution >= 0.6 is 15.9 Å². The van der Waals surface area contributed by atoms with Gasteiger partial charge in [0.05, 0.1) is 6.61 Å². The molecular weight excluding hydrogens is 284 g/mol. The van der Waals surface area contributed by atoms with E-state index in [1.165, 1.54) is 0 Å². The molecule has 5 heteroatoms. The summed E-state index contributed by atoms with van der Waals surface area (Å²) in [5, 5.41) is 3.15. The van der Waals surface area contributed by atoms with Gasteiger partial charge in [0.25, 0.3) is 0 Å². The number of nitrogens with two attached hydrogens (primary N) is 1. The standard InChI is InChI=1S/C12H17BrN2O2/c1-3-12(8-17-2,11(14)16)15-10-6-4-5-9(13)7-10/h4-7,15H,3,8H2,1-2H3,(H2,14,16). The van der Waals surface area contributed by atoms with E-state index in [2.05, 4.69) is 21.2 Å². The van der Waals surface area contributed by atoms with E-state index in [1.54, 1.807) is 7.11 Å². The van der Waals surface area contributed by atoms with Crippen molar-refractivity contribution in [3.63, 3.8) is 0 Å². The van der Waals surface area contributed by atoms with Crippen LogP contribution in [-0.2, 0) is 9.53 Å². The lowest BCUT2D eigenvalue weighted by atomic mass is 9.95. The maximum absolute atomic E-state index is 11.6. The molecule has 1 atom stereocenters.